The molecule has 1 aromatic rings. The van der Waals surface area contributed by atoms with E-state index in [1.54, 1.807) is 26.2 Å². The van der Waals surface area contributed by atoms with Crippen molar-refractivity contribution in [1.29, 1.82) is 0 Å². The molecule has 0 aromatic heterocycles. The lowest BCUT2D eigenvalue weighted by molar-refractivity contribution is 0.0695. The molecule has 0 heterocycles. The van der Waals surface area contributed by atoms with E-state index in [0.29, 0.717) is 5.56 Å². The number of benzene rings is 1. The number of hydrogen-bond donors (Lipinski definition) is 1. The molecule has 0 aliphatic heterocycles. The first kappa shape index (κ1) is 10.7. The van der Waals surface area contributed by atoms with Crippen LogP contribution in [0.3, 0.4) is 0 Å². The Morgan fingerprint density at radius 1 is 1.50 bits per heavy atom. The lowest BCUT2D eigenvalue weighted by Crippen LogP contribution is -2.02. The minimum absolute atomic E-state index is 0.00320. The molecule has 0 radical (unpaired) electrons. The van der Waals surface area contributed by atoms with Gasteiger partial charge >= 0.3 is 5.97 Å². The Morgan fingerprint density at radius 2 is 2.14 bits per heavy atom. The molecule has 3 heteroatoms. The minimum Gasteiger partial charge on any atom is -0.478 e. The van der Waals surface area contributed by atoms with E-state index in [2.05, 4.69) is 0 Å². The predicted molar refractivity (Wildman–Crippen MR) is 53.6 cm³/mol. The molecule has 0 saturated carbocycles. The monoisotopic (exact) mass is 194 g/mol. The smallest absolute Gasteiger partial charge is 0.335 e. The molecular weight excluding hydrogens is 180 g/mol. The van der Waals surface area contributed by atoms with Gasteiger partial charge in [-0.1, -0.05) is 12.1 Å². The third-order valence-electron chi connectivity index (χ3n) is 2.30. The van der Waals surface area contributed by atoms with Gasteiger partial charge in [0, 0.05) is 7.11 Å². The molecule has 1 rings (SSSR count). The summed E-state index contributed by atoms with van der Waals surface area (Å²) in [6.07, 6.45) is -0.00320. The van der Waals surface area contributed by atoms with Gasteiger partial charge < -0.3 is 9.84 Å². The summed E-state index contributed by atoms with van der Waals surface area (Å²) in [5.74, 6) is -0.890. The number of aryl methyl sites for hydroxylation is 1. The highest BCUT2D eigenvalue weighted by molar-refractivity contribution is 5.89. The first-order valence-corrected chi connectivity index (χ1v) is 4.43. The summed E-state index contributed by atoms with van der Waals surface area (Å²) in [6.45, 7) is 3.71. The fourth-order valence-electron chi connectivity index (χ4n) is 1.32. The number of hydrogen-bond acceptors (Lipinski definition) is 2. The Labute approximate surface area is 83.3 Å². The van der Waals surface area contributed by atoms with Crippen LogP contribution in [-0.4, -0.2) is 18.2 Å². The summed E-state index contributed by atoms with van der Waals surface area (Å²) < 4.78 is 5.14. The molecule has 0 bridgehead atoms. The van der Waals surface area contributed by atoms with E-state index in [-0.39, 0.29) is 6.10 Å². The topological polar surface area (TPSA) is 46.5 Å². The van der Waals surface area contributed by atoms with Crippen LogP contribution in [0.2, 0.25) is 0 Å². The second-order valence-electron chi connectivity index (χ2n) is 3.26. The van der Waals surface area contributed by atoms with Crippen LogP contribution in [0.15, 0.2) is 18.2 Å². The van der Waals surface area contributed by atoms with Gasteiger partial charge in [-0.15, -0.1) is 0 Å². The number of carbonyl (C=O) groups is 1. The minimum atomic E-state index is -0.890. The zero-order valence-corrected chi connectivity index (χ0v) is 8.57. The molecule has 0 amide bonds. The van der Waals surface area contributed by atoms with E-state index < -0.39 is 5.97 Å². The SMILES string of the molecule is COC(C)c1ccc(C(=O)O)c(C)c1. The van der Waals surface area contributed by atoms with Crippen molar-refractivity contribution < 1.29 is 14.6 Å². The maximum atomic E-state index is 10.7. The first-order valence-electron chi connectivity index (χ1n) is 4.43. The maximum Gasteiger partial charge on any atom is 0.335 e. The highest BCUT2D eigenvalue weighted by Crippen LogP contribution is 2.19. The second kappa shape index (κ2) is 4.24. The fraction of sp³-hybridized carbons (Fsp3) is 0.364. The van der Waals surface area contributed by atoms with Crippen LogP contribution in [-0.2, 0) is 4.74 Å². The average molecular weight is 194 g/mol. The van der Waals surface area contributed by atoms with E-state index in [1.165, 1.54) is 0 Å². The number of carboxylic acids is 1. The van der Waals surface area contributed by atoms with Crippen LogP contribution in [0.4, 0.5) is 0 Å². The molecule has 1 atom stereocenters. The third kappa shape index (κ3) is 2.12. The molecule has 3 nitrogen and oxygen atoms in total. The summed E-state index contributed by atoms with van der Waals surface area (Å²) in [7, 11) is 1.63. The summed E-state index contributed by atoms with van der Waals surface area (Å²) >= 11 is 0. The molecule has 0 aliphatic carbocycles. The van der Waals surface area contributed by atoms with Crippen molar-refractivity contribution in [3.8, 4) is 0 Å². The fourth-order valence-corrected chi connectivity index (χ4v) is 1.32. The van der Waals surface area contributed by atoms with Crippen LogP contribution in [0.25, 0.3) is 0 Å². The lowest BCUT2D eigenvalue weighted by atomic mass is 10.0. The average Bonchev–Trinajstić information content (AvgIpc) is 2.15. The van der Waals surface area contributed by atoms with Gasteiger partial charge in [-0.3, -0.25) is 0 Å². The van der Waals surface area contributed by atoms with E-state index in [9.17, 15) is 4.79 Å². The number of aromatic carboxylic acids is 1. The Morgan fingerprint density at radius 3 is 2.57 bits per heavy atom. The third-order valence-corrected chi connectivity index (χ3v) is 2.30. The van der Waals surface area contributed by atoms with E-state index >= 15 is 0 Å². The van der Waals surface area contributed by atoms with Crippen LogP contribution in [0.1, 0.15) is 34.5 Å². The largest absolute Gasteiger partial charge is 0.478 e. The molecule has 0 spiro atoms. The van der Waals surface area contributed by atoms with Gasteiger partial charge in [0.25, 0.3) is 0 Å². The normalized spacial score (nSPS) is 12.5. The predicted octanol–water partition coefficient (Wildman–Crippen LogP) is 2.40. The molecule has 0 saturated heterocycles. The Bertz CT molecular complexity index is 344. The molecule has 14 heavy (non-hydrogen) atoms. The van der Waals surface area contributed by atoms with Crippen LogP contribution in [0, 0.1) is 6.92 Å². The molecule has 1 N–H and O–H groups in total. The summed E-state index contributed by atoms with van der Waals surface area (Å²) in [5, 5.41) is 8.82. The van der Waals surface area contributed by atoms with Crippen LogP contribution < -0.4 is 0 Å². The van der Waals surface area contributed by atoms with Crippen molar-refractivity contribution in [1.82, 2.24) is 0 Å². The van der Waals surface area contributed by atoms with Gasteiger partial charge in [0.1, 0.15) is 0 Å². The van der Waals surface area contributed by atoms with Gasteiger partial charge in [-0.2, -0.15) is 0 Å². The van der Waals surface area contributed by atoms with Crippen LogP contribution in [0.5, 0.6) is 0 Å². The number of ether oxygens (including phenoxy) is 1. The second-order valence-corrected chi connectivity index (χ2v) is 3.26. The van der Waals surface area contributed by atoms with Crippen molar-refractivity contribution in [2.24, 2.45) is 0 Å². The summed E-state index contributed by atoms with van der Waals surface area (Å²) in [6, 6.07) is 5.24. The Hall–Kier alpha value is -1.35. The van der Waals surface area contributed by atoms with Crippen molar-refractivity contribution in [3.05, 3.63) is 34.9 Å². The van der Waals surface area contributed by atoms with E-state index in [0.717, 1.165) is 11.1 Å². The first-order chi connectivity index (χ1) is 6.56. The quantitative estimate of drug-likeness (QED) is 0.803. The highest BCUT2D eigenvalue weighted by atomic mass is 16.5. The summed E-state index contributed by atoms with van der Waals surface area (Å²) in [5.41, 5.74) is 2.10. The lowest BCUT2D eigenvalue weighted by Gasteiger charge is -2.11. The van der Waals surface area contributed by atoms with E-state index in [1.807, 2.05) is 13.0 Å². The molecule has 0 aliphatic rings. The highest BCUT2D eigenvalue weighted by Gasteiger charge is 2.09. The van der Waals surface area contributed by atoms with Gasteiger partial charge in [0.05, 0.1) is 11.7 Å². The Balaban J connectivity index is 3.06. The van der Waals surface area contributed by atoms with Gasteiger partial charge in [0.2, 0.25) is 0 Å². The maximum absolute atomic E-state index is 10.7. The van der Waals surface area contributed by atoms with Crippen molar-refractivity contribution in [3.63, 3.8) is 0 Å². The van der Waals surface area contributed by atoms with Gasteiger partial charge in [0.15, 0.2) is 0 Å². The zero-order chi connectivity index (χ0) is 10.7. The van der Waals surface area contributed by atoms with Gasteiger partial charge in [-0.05, 0) is 31.0 Å². The van der Waals surface area contributed by atoms with Crippen molar-refractivity contribution >= 4 is 5.97 Å². The number of methoxy groups -OCH3 is 1. The van der Waals surface area contributed by atoms with Crippen molar-refractivity contribution in [2.45, 2.75) is 20.0 Å². The van der Waals surface area contributed by atoms with Crippen LogP contribution >= 0.6 is 0 Å². The summed E-state index contributed by atoms with van der Waals surface area (Å²) in [4.78, 5) is 10.7. The van der Waals surface area contributed by atoms with E-state index in [4.69, 9.17) is 9.84 Å². The Kier molecular flexibility index (Phi) is 3.25. The molecule has 76 valence electrons. The molecule has 0 fully saturated rings. The molecular formula is C11H14O3. The van der Waals surface area contributed by atoms with Gasteiger partial charge in [-0.25, -0.2) is 4.79 Å². The molecule has 1 unspecified atom stereocenters. The zero-order valence-electron chi connectivity index (χ0n) is 8.57. The number of carboxylic acid groups (broad SMARTS) is 1. The van der Waals surface area contributed by atoms with Crippen molar-refractivity contribution in [2.75, 3.05) is 7.11 Å². The standard InChI is InChI=1S/C11H14O3/c1-7-6-9(8(2)14-3)4-5-10(7)11(12)13/h4-6,8H,1-3H3,(H,12,13). The molecule has 1 aromatic carbocycles. The number of rotatable bonds is 3.